The Balaban J connectivity index is 1.66. The highest BCUT2D eigenvalue weighted by atomic mass is 32.2. The van der Waals surface area contributed by atoms with Crippen molar-refractivity contribution >= 4 is 38.6 Å². The fourth-order valence-electron chi connectivity index (χ4n) is 3.78. The first-order valence-corrected chi connectivity index (χ1v) is 11.2. The minimum Gasteiger partial charge on any atom is -0.307 e. The highest BCUT2D eigenvalue weighted by molar-refractivity contribution is 7.92. The van der Waals surface area contributed by atoms with Crippen molar-refractivity contribution in [3.63, 3.8) is 0 Å². The fraction of sp³-hybridized carbons (Fsp3) is 0.300. The molecular weight excluding hydrogens is 376 g/mol. The Hall–Kier alpha value is -2.87. The lowest BCUT2D eigenvalue weighted by atomic mass is 10.2. The predicted molar refractivity (Wildman–Crippen MR) is 110 cm³/mol. The largest absolute Gasteiger partial charge is 0.307 e. The molecule has 146 valence electrons. The van der Waals surface area contributed by atoms with Gasteiger partial charge in [-0.3, -0.25) is 14.8 Å². The summed E-state index contributed by atoms with van der Waals surface area (Å²) >= 11 is 0. The van der Waals surface area contributed by atoms with Crippen molar-refractivity contribution in [2.75, 3.05) is 16.3 Å². The van der Waals surface area contributed by atoms with Crippen LogP contribution < -0.4 is 10.0 Å². The van der Waals surface area contributed by atoms with Gasteiger partial charge in [-0.1, -0.05) is 31.0 Å². The van der Waals surface area contributed by atoms with E-state index in [0.29, 0.717) is 23.2 Å². The minimum absolute atomic E-state index is 0.320. The van der Waals surface area contributed by atoms with Crippen LogP contribution >= 0.6 is 0 Å². The molecule has 7 nitrogen and oxygen atoms in total. The summed E-state index contributed by atoms with van der Waals surface area (Å²) in [5, 5.41) is 2.92. The standard InChI is InChI=1S/C20H22N4O3S/c1-28(26,27)23-15-8-6-7-14(13-15)19(25)22-20-21-17-11-4-5-12-18(17)24(20)16-9-2-3-10-16/h4-8,11-13,16,23H,2-3,9-10H2,1H3,(H,21,22,25). The van der Waals surface area contributed by atoms with Crippen LogP contribution in [0.1, 0.15) is 42.1 Å². The number of carbonyl (C=O) groups excluding carboxylic acids is 1. The maximum atomic E-state index is 12.8. The molecule has 1 aliphatic carbocycles. The van der Waals surface area contributed by atoms with Crippen LogP contribution in [0.5, 0.6) is 0 Å². The van der Waals surface area contributed by atoms with Crippen LogP contribution in [-0.2, 0) is 10.0 Å². The van der Waals surface area contributed by atoms with Crippen LogP contribution in [0.25, 0.3) is 11.0 Å². The molecule has 28 heavy (non-hydrogen) atoms. The van der Waals surface area contributed by atoms with Gasteiger partial charge in [0.15, 0.2) is 0 Å². The van der Waals surface area contributed by atoms with Crippen molar-refractivity contribution in [3.05, 3.63) is 54.1 Å². The molecule has 1 saturated carbocycles. The number of amides is 1. The fourth-order valence-corrected chi connectivity index (χ4v) is 4.33. The number of carbonyl (C=O) groups is 1. The Kier molecular flexibility index (Phi) is 4.80. The summed E-state index contributed by atoms with van der Waals surface area (Å²) in [5.74, 6) is 0.200. The van der Waals surface area contributed by atoms with E-state index in [1.54, 1.807) is 18.2 Å². The Bertz CT molecular complexity index is 1130. The average Bonchev–Trinajstić information content (AvgIpc) is 3.27. The lowest BCUT2D eigenvalue weighted by Gasteiger charge is -2.16. The molecule has 0 aliphatic heterocycles. The molecule has 0 spiro atoms. The average molecular weight is 398 g/mol. The maximum Gasteiger partial charge on any atom is 0.258 e. The number of nitrogens with zero attached hydrogens (tertiary/aromatic N) is 2. The first-order valence-electron chi connectivity index (χ1n) is 9.27. The second kappa shape index (κ2) is 7.27. The van der Waals surface area contributed by atoms with Gasteiger partial charge in [-0.2, -0.15) is 0 Å². The number of para-hydroxylation sites is 2. The number of sulfonamides is 1. The first-order chi connectivity index (χ1) is 13.4. The number of anilines is 2. The van der Waals surface area contributed by atoms with E-state index in [-0.39, 0.29) is 5.91 Å². The monoisotopic (exact) mass is 398 g/mol. The highest BCUT2D eigenvalue weighted by Gasteiger charge is 2.23. The van der Waals surface area contributed by atoms with Gasteiger partial charge in [-0.25, -0.2) is 13.4 Å². The maximum absolute atomic E-state index is 12.8. The zero-order valence-electron chi connectivity index (χ0n) is 15.6. The topological polar surface area (TPSA) is 93.1 Å². The molecule has 0 radical (unpaired) electrons. The molecule has 2 aromatic carbocycles. The third-order valence-corrected chi connectivity index (χ3v) is 5.55. The van der Waals surface area contributed by atoms with E-state index in [1.165, 1.54) is 18.9 Å². The number of fused-ring (bicyclic) bond motifs is 1. The molecule has 0 unspecified atom stereocenters. The number of nitrogens with one attached hydrogen (secondary N) is 2. The predicted octanol–water partition coefficient (Wildman–Crippen LogP) is 3.78. The van der Waals surface area contributed by atoms with E-state index in [1.807, 2.05) is 24.3 Å². The van der Waals surface area contributed by atoms with Gasteiger partial charge in [0.1, 0.15) is 0 Å². The number of hydrogen-bond acceptors (Lipinski definition) is 4. The van der Waals surface area contributed by atoms with Crippen LogP contribution in [-0.4, -0.2) is 30.1 Å². The summed E-state index contributed by atoms with van der Waals surface area (Å²) in [6.45, 7) is 0. The molecule has 8 heteroatoms. The summed E-state index contributed by atoms with van der Waals surface area (Å²) in [6, 6.07) is 14.6. The summed E-state index contributed by atoms with van der Waals surface area (Å²) in [7, 11) is -3.41. The van der Waals surface area contributed by atoms with Gasteiger partial charge >= 0.3 is 0 Å². The van der Waals surface area contributed by atoms with Gasteiger partial charge in [0.25, 0.3) is 5.91 Å². The van der Waals surface area contributed by atoms with Crippen molar-refractivity contribution in [1.29, 1.82) is 0 Å². The Labute approximate surface area is 163 Å². The molecule has 0 atom stereocenters. The van der Waals surface area contributed by atoms with Crippen molar-refractivity contribution in [2.45, 2.75) is 31.7 Å². The summed E-state index contributed by atoms with van der Waals surface area (Å²) in [5.41, 5.74) is 2.56. The van der Waals surface area contributed by atoms with Crippen molar-refractivity contribution in [1.82, 2.24) is 9.55 Å². The molecule has 1 heterocycles. The SMILES string of the molecule is CS(=O)(=O)Nc1cccc(C(=O)Nc2nc3ccccc3n2C2CCCC2)c1. The Morgan fingerprint density at radius 1 is 1.11 bits per heavy atom. The Morgan fingerprint density at radius 2 is 1.86 bits per heavy atom. The number of imidazole rings is 1. The van der Waals surface area contributed by atoms with Gasteiger partial charge in [0.2, 0.25) is 16.0 Å². The van der Waals surface area contributed by atoms with Gasteiger partial charge in [-0.05, 0) is 43.2 Å². The van der Waals surface area contributed by atoms with E-state index in [0.717, 1.165) is 30.1 Å². The quantitative estimate of drug-likeness (QED) is 0.684. The number of hydrogen-bond donors (Lipinski definition) is 2. The third-order valence-electron chi connectivity index (χ3n) is 4.94. The summed E-state index contributed by atoms with van der Waals surface area (Å²) in [6.07, 6.45) is 5.55. The lowest BCUT2D eigenvalue weighted by Crippen LogP contribution is -2.18. The lowest BCUT2D eigenvalue weighted by molar-refractivity contribution is 0.102. The number of rotatable bonds is 5. The molecule has 0 bridgehead atoms. The van der Waals surface area contributed by atoms with Crippen LogP contribution in [0.2, 0.25) is 0 Å². The molecular formula is C20H22N4O3S. The second-order valence-corrected chi connectivity index (χ2v) is 8.89. The highest BCUT2D eigenvalue weighted by Crippen LogP contribution is 2.35. The molecule has 1 aliphatic rings. The molecule has 4 rings (SSSR count). The number of benzene rings is 2. The first kappa shape index (κ1) is 18.5. The van der Waals surface area contributed by atoms with Gasteiger partial charge in [0, 0.05) is 17.3 Å². The van der Waals surface area contributed by atoms with Crippen LogP contribution in [0.15, 0.2) is 48.5 Å². The number of aromatic nitrogens is 2. The molecule has 0 saturated heterocycles. The molecule has 1 amide bonds. The van der Waals surface area contributed by atoms with Crippen molar-refractivity contribution in [3.8, 4) is 0 Å². The summed E-state index contributed by atoms with van der Waals surface area (Å²) in [4.78, 5) is 17.5. The molecule has 3 aromatic rings. The smallest absolute Gasteiger partial charge is 0.258 e. The zero-order valence-corrected chi connectivity index (χ0v) is 16.4. The van der Waals surface area contributed by atoms with E-state index in [4.69, 9.17) is 0 Å². The van der Waals surface area contributed by atoms with E-state index in [9.17, 15) is 13.2 Å². The minimum atomic E-state index is -3.41. The zero-order chi connectivity index (χ0) is 19.7. The molecule has 1 aromatic heterocycles. The normalized spacial score (nSPS) is 15.0. The second-order valence-electron chi connectivity index (χ2n) is 7.14. The third kappa shape index (κ3) is 3.87. The van der Waals surface area contributed by atoms with Crippen LogP contribution in [0.4, 0.5) is 11.6 Å². The van der Waals surface area contributed by atoms with E-state index >= 15 is 0 Å². The van der Waals surface area contributed by atoms with Gasteiger partial charge in [-0.15, -0.1) is 0 Å². The molecule has 1 fully saturated rings. The Morgan fingerprint density at radius 3 is 2.61 bits per heavy atom. The van der Waals surface area contributed by atoms with E-state index in [2.05, 4.69) is 19.6 Å². The van der Waals surface area contributed by atoms with E-state index < -0.39 is 10.0 Å². The molecule has 2 N–H and O–H groups in total. The van der Waals surface area contributed by atoms with Crippen LogP contribution in [0, 0.1) is 0 Å². The van der Waals surface area contributed by atoms with Gasteiger partial charge in [0.05, 0.1) is 17.3 Å². The van der Waals surface area contributed by atoms with Crippen LogP contribution in [0.3, 0.4) is 0 Å². The van der Waals surface area contributed by atoms with Crippen molar-refractivity contribution < 1.29 is 13.2 Å². The van der Waals surface area contributed by atoms with Gasteiger partial charge < -0.3 is 4.57 Å². The van der Waals surface area contributed by atoms with Crippen molar-refractivity contribution in [2.24, 2.45) is 0 Å². The summed E-state index contributed by atoms with van der Waals surface area (Å²) < 4.78 is 27.4.